The quantitative estimate of drug-likeness (QED) is 0.371. The van der Waals surface area contributed by atoms with Gasteiger partial charge in [-0.2, -0.15) is 0 Å². The average molecular weight is 406 g/mol. The minimum absolute atomic E-state index is 0.803. The molecule has 0 amide bonds. The fourth-order valence-electron chi connectivity index (χ4n) is 3.11. The minimum atomic E-state index is 0.803. The molecule has 8 heteroatoms. The van der Waals surface area contributed by atoms with E-state index in [4.69, 9.17) is 14.1 Å². The maximum Gasteiger partial charge on any atom is 0.193 e. The van der Waals surface area contributed by atoms with Crippen LogP contribution in [0.2, 0.25) is 0 Å². The summed E-state index contributed by atoms with van der Waals surface area (Å²) in [6.45, 7) is 7.36. The smallest absolute Gasteiger partial charge is 0.193 e. The van der Waals surface area contributed by atoms with Crippen molar-refractivity contribution in [2.75, 3.05) is 59.5 Å². The number of furan rings is 1. The number of aliphatic imine (C=N–C) groups is 1. The molecule has 0 atom stereocenters. The van der Waals surface area contributed by atoms with E-state index in [0.717, 1.165) is 88.5 Å². The van der Waals surface area contributed by atoms with Crippen LogP contribution in [0.3, 0.4) is 0 Å². The molecular formula is C20H31N5O2S. The van der Waals surface area contributed by atoms with E-state index in [1.807, 2.05) is 23.7 Å². The number of hydrogen-bond acceptors (Lipinski definition) is 6. The third kappa shape index (κ3) is 7.26. The van der Waals surface area contributed by atoms with Crippen molar-refractivity contribution in [3.8, 4) is 0 Å². The van der Waals surface area contributed by atoms with E-state index in [1.165, 1.54) is 0 Å². The first-order chi connectivity index (χ1) is 13.8. The van der Waals surface area contributed by atoms with Gasteiger partial charge in [-0.15, -0.1) is 11.3 Å². The molecule has 2 aromatic rings. The van der Waals surface area contributed by atoms with E-state index in [0.29, 0.717) is 0 Å². The molecule has 1 aliphatic rings. The summed E-state index contributed by atoms with van der Waals surface area (Å²) in [6.07, 6.45) is 6.42. The van der Waals surface area contributed by atoms with Crippen molar-refractivity contribution < 1.29 is 9.15 Å². The van der Waals surface area contributed by atoms with Crippen molar-refractivity contribution in [1.82, 2.24) is 20.1 Å². The van der Waals surface area contributed by atoms with Gasteiger partial charge in [0.2, 0.25) is 0 Å². The van der Waals surface area contributed by atoms with Crippen LogP contribution in [0.4, 0.5) is 0 Å². The Kier molecular flexibility index (Phi) is 8.80. The number of nitrogens with one attached hydrogen (secondary N) is 1. The number of hydrogen-bond donors (Lipinski definition) is 1. The van der Waals surface area contributed by atoms with Crippen LogP contribution >= 0.6 is 11.3 Å². The fraction of sp³-hybridized carbons (Fsp3) is 0.600. The molecule has 28 heavy (non-hydrogen) atoms. The Morgan fingerprint density at radius 2 is 2.25 bits per heavy atom. The van der Waals surface area contributed by atoms with Gasteiger partial charge in [0.25, 0.3) is 0 Å². The van der Waals surface area contributed by atoms with E-state index in [9.17, 15) is 0 Å². The maximum absolute atomic E-state index is 5.42. The summed E-state index contributed by atoms with van der Waals surface area (Å²) in [7, 11) is 2.09. The lowest BCUT2D eigenvalue weighted by atomic mass is 10.3. The molecule has 3 rings (SSSR count). The first kappa shape index (κ1) is 20.8. The van der Waals surface area contributed by atoms with Crippen LogP contribution in [0, 0.1) is 0 Å². The lowest BCUT2D eigenvalue weighted by Gasteiger charge is -2.26. The molecule has 0 radical (unpaired) electrons. The normalized spacial score (nSPS) is 15.7. The van der Waals surface area contributed by atoms with Crippen molar-refractivity contribution in [2.45, 2.75) is 19.3 Å². The average Bonchev–Trinajstić information content (AvgIpc) is 3.43. The van der Waals surface area contributed by atoms with Crippen molar-refractivity contribution in [3.05, 3.63) is 40.7 Å². The predicted octanol–water partition coefficient (Wildman–Crippen LogP) is 2.12. The Morgan fingerprint density at radius 3 is 3.00 bits per heavy atom. The number of thiazole rings is 1. The van der Waals surface area contributed by atoms with Gasteiger partial charge < -0.3 is 19.4 Å². The van der Waals surface area contributed by atoms with Crippen LogP contribution in [0.5, 0.6) is 0 Å². The molecule has 0 unspecified atom stereocenters. The first-order valence-electron chi connectivity index (χ1n) is 10.0. The van der Waals surface area contributed by atoms with E-state index in [1.54, 1.807) is 17.6 Å². The second kappa shape index (κ2) is 11.8. The van der Waals surface area contributed by atoms with Gasteiger partial charge in [0.05, 0.1) is 24.5 Å². The number of nitrogens with zero attached hydrogens (tertiary/aromatic N) is 4. The highest BCUT2D eigenvalue weighted by Gasteiger charge is 2.10. The molecule has 7 nitrogen and oxygen atoms in total. The number of guanidine groups is 1. The molecular weight excluding hydrogens is 374 g/mol. The van der Waals surface area contributed by atoms with Crippen LogP contribution in [-0.2, 0) is 17.6 Å². The van der Waals surface area contributed by atoms with E-state index >= 15 is 0 Å². The van der Waals surface area contributed by atoms with Crippen LogP contribution in [0.15, 0.2) is 39.4 Å². The van der Waals surface area contributed by atoms with Gasteiger partial charge >= 0.3 is 0 Å². The molecule has 0 saturated carbocycles. The highest BCUT2D eigenvalue weighted by Crippen LogP contribution is 2.06. The van der Waals surface area contributed by atoms with Crippen LogP contribution in [-0.4, -0.2) is 80.3 Å². The van der Waals surface area contributed by atoms with Gasteiger partial charge in [-0.3, -0.25) is 9.89 Å². The molecule has 1 fully saturated rings. The number of aromatic nitrogens is 1. The van der Waals surface area contributed by atoms with Gasteiger partial charge in [-0.25, -0.2) is 4.98 Å². The zero-order valence-corrected chi connectivity index (χ0v) is 17.5. The van der Waals surface area contributed by atoms with Crippen molar-refractivity contribution in [2.24, 2.45) is 4.99 Å². The number of likely N-dealkylation sites (N-methyl/N-ethyl adjacent to an activating group) is 1. The van der Waals surface area contributed by atoms with Gasteiger partial charge in [-0.05, 0) is 18.6 Å². The molecule has 0 aromatic carbocycles. The SMILES string of the molecule is CN(CCc1nccs1)C(=NCCCN1CCOCC1)NCCc1ccco1. The summed E-state index contributed by atoms with van der Waals surface area (Å²) in [5, 5.41) is 6.68. The highest BCUT2D eigenvalue weighted by atomic mass is 32.1. The van der Waals surface area contributed by atoms with Gasteiger partial charge in [0, 0.05) is 70.7 Å². The molecule has 0 aliphatic carbocycles. The first-order valence-corrected chi connectivity index (χ1v) is 10.9. The van der Waals surface area contributed by atoms with Crippen LogP contribution in [0.25, 0.3) is 0 Å². The predicted molar refractivity (Wildman–Crippen MR) is 113 cm³/mol. The summed E-state index contributed by atoms with van der Waals surface area (Å²) in [5.74, 6) is 1.94. The fourth-order valence-corrected chi connectivity index (χ4v) is 3.72. The van der Waals surface area contributed by atoms with Gasteiger partial charge in [0.15, 0.2) is 5.96 Å². The summed E-state index contributed by atoms with van der Waals surface area (Å²) >= 11 is 1.70. The van der Waals surface area contributed by atoms with Crippen molar-refractivity contribution >= 4 is 17.3 Å². The third-order valence-electron chi connectivity index (χ3n) is 4.74. The Hall–Kier alpha value is -1.90. The van der Waals surface area contributed by atoms with E-state index < -0.39 is 0 Å². The zero-order valence-electron chi connectivity index (χ0n) is 16.7. The topological polar surface area (TPSA) is 66.1 Å². The minimum Gasteiger partial charge on any atom is -0.469 e. The van der Waals surface area contributed by atoms with Gasteiger partial charge in [-0.1, -0.05) is 0 Å². The number of rotatable bonds is 10. The standard InChI is InChI=1S/C20H31N5O2S/c1-24(11-6-19-21-9-17-28-19)20(23-8-5-18-4-2-14-27-18)22-7-3-10-25-12-15-26-16-13-25/h2,4,9,14,17H,3,5-8,10-13,15-16H2,1H3,(H,22,23). The summed E-state index contributed by atoms with van der Waals surface area (Å²) < 4.78 is 10.8. The third-order valence-corrected chi connectivity index (χ3v) is 5.58. The highest BCUT2D eigenvalue weighted by molar-refractivity contribution is 7.09. The number of ether oxygens (including phenoxy) is 1. The lowest BCUT2D eigenvalue weighted by molar-refractivity contribution is 0.0377. The Labute approximate surface area is 171 Å². The van der Waals surface area contributed by atoms with Crippen molar-refractivity contribution in [3.63, 3.8) is 0 Å². The molecule has 154 valence electrons. The van der Waals surface area contributed by atoms with Crippen LogP contribution in [0.1, 0.15) is 17.2 Å². The summed E-state index contributed by atoms with van der Waals surface area (Å²) in [4.78, 5) is 13.9. The monoisotopic (exact) mass is 405 g/mol. The van der Waals surface area contributed by atoms with Gasteiger partial charge in [0.1, 0.15) is 5.76 Å². The Balaban J connectivity index is 1.46. The molecule has 1 N–H and O–H groups in total. The summed E-state index contributed by atoms with van der Waals surface area (Å²) in [5.41, 5.74) is 0. The second-order valence-electron chi connectivity index (χ2n) is 6.87. The maximum atomic E-state index is 5.42. The number of morpholine rings is 1. The molecule has 3 heterocycles. The molecule has 0 spiro atoms. The lowest BCUT2D eigenvalue weighted by Crippen LogP contribution is -2.41. The Morgan fingerprint density at radius 1 is 1.36 bits per heavy atom. The Bertz CT molecular complexity index is 669. The molecule has 1 aliphatic heterocycles. The van der Waals surface area contributed by atoms with Crippen LogP contribution < -0.4 is 5.32 Å². The molecule has 1 saturated heterocycles. The van der Waals surface area contributed by atoms with Crippen molar-refractivity contribution in [1.29, 1.82) is 0 Å². The molecule has 2 aromatic heterocycles. The summed E-state index contributed by atoms with van der Waals surface area (Å²) in [6, 6.07) is 3.93. The second-order valence-corrected chi connectivity index (χ2v) is 7.85. The largest absolute Gasteiger partial charge is 0.469 e. The zero-order chi connectivity index (χ0) is 19.4. The molecule has 0 bridgehead atoms. The van der Waals surface area contributed by atoms with E-state index in [2.05, 4.69) is 27.1 Å². The van der Waals surface area contributed by atoms with E-state index in [-0.39, 0.29) is 0 Å².